The molecule has 96 valence electrons. The van der Waals surface area contributed by atoms with Crippen LogP contribution >= 0.6 is 15.9 Å². The van der Waals surface area contributed by atoms with Gasteiger partial charge >= 0.3 is 0 Å². The predicted molar refractivity (Wildman–Crippen MR) is 78.5 cm³/mol. The van der Waals surface area contributed by atoms with Gasteiger partial charge in [-0.05, 0) is 32.0 Å². The van der Waals surface area contributed by atoms with Gasteiger partial charge in [0.2, 0.25) is 0 Å². The summed E-state index contributed by atoms with van der Waals surface area (Å²) in [7, 11) is 0. The Morgan fingerprint density at radius 1 is 1.16 bits per heavy atom. The van der Waals surface area contributed by atoms with Crippen molar-refractivity contribution in [1.29, 1.82) is 5.26 Å². The van der Waals surface area contributed by atoms with E-state index >= 15 is 0 Å². The molecule has 2 aromatic rings. The van der Waals surface area contributed by atoms with Crippen molar-refractivity contribution in [2.75, 3.05) is 5.32 Å². The van der Waals surface area contributed by atoms with Crippen LogP contribution in [-0.4, -0.2) is 15.7 Å². The number of nitrogens with one attached hydrogen (secondary N) is 1. The summed E-state index contributed by atoms with van der Waals surface area (Å²) >= 11 is 3.49. The number of halogens is 1. The molecule has 0 aliphatic rings. The summed E-state index contributed by atoms with van der Waals surface area (Å²) in [5, 5.41) is 20.2. The molecule has 0 aliphatic heterocycles. The number of hydrogen-bond acceptors (Lipinski definition) is 4. The maximum Gasteiger partial charge on any atom is 0.149 e. The van der Waals surface area contributed by atoms with Crippen LogP contribution in [0, 0.1) is 11.3 Å². The van der Waals surface area contributed by atoms with Crippen LogP contribution in [0.3, 0.4) is 0 Å². The van der Waals surface area contributed by atoms with Crippen LogP contribution in [0.4, 0.5) is 5.82 Å². The van der Waals surface area contributed by atoms with Crippen molar-refractivity contribution in [3.8, 4) is 17.3 Å². The smallest absolute Gasteiger partial charge is 0.149 e. The summed E-state index contributed by atoms with van der Waals surface area (Å²) < 4.78 is 0.974. The van der Waals surface area contributed by atoms with Crippen molar-refractivity contribution < 1.29 is 0 Å². The molecule has 0 bridgehead atoms. The predicted octanol–water partition coefficient (Wildman–Crippen LogP) is 3.62. The zero-order chi connectivity index (χ0) is 13.9. The lowest BCUT2D eigenvalue weighted by Crippen LogP contribution is -2.29. The van der Waals surface area contributed by atoms with E-state index in [1.54, 1.807) is 13.8 Å². The number of rotatable bonds is 3. The summed E-state index contributed by atoms with van der Waals surface area (Å²) in [6.45, 7) is 3.58. The molecule has 1 heterocycles. The quantitative estimate of drug-likeness (QED) is 0.939. The first-order valence-corrected chi connectivity index (χ1v) is 6.59. The Hall–Kier alpha value is -1.93. The second kappa shape index (κ2) is 5.37. The van der Waals surface area contributed by atoms with Crippen molar-refractivity contribution in [3.63, 3.8) is 0 Å². The van der Waals surface area contributed by atoms with Gasteiger partial charge < -0.3 is 5.32 Å². The molecule has 5 heteroatoms. The normalized spacial score (nSPS) is 10.8. The lowest BCUT2D eigenvalue weighted by atomic mass is 10.1. The van der Waals surface area contributed by atoms with Gasteiger partial charge in [-0.2, -0.15) is 5.26 Å². The SMILES string of the molecule is CC(C)(C#N)Nc1ccc(-c2ccccc2Br)nn1. The summed E-state index contributed by atoms with van der Waals surface area (Å²) in [4.78, 5) is 0. The number of benzene rings is 1. The fourth-order valence-corrected chi connectivity index (χ4v) is 2.05. The third-order valence-corrected chi connectivity index (χ3v) is 3.23. The molecule has 0 atom stereocenters. The number of nitrogens with zero attached hydrogens (tertiary/aromatic N) is 3. The fraction of sp³-hybridized carbons (Fsp3) is 0.214. The van der Waals surface area contributed by atoms with Gasteiger partial charge in [-0.1, -0.05) is 34.1 Å². The van der Waals surface area contributed by atoms with Gasteiger partial charge in [0, 0.05) is 10.0 Å². The largest absolute Gasteiger partial charge is 0.351 e. The van der Waals surface area contributed by atoms with Gasteiger partial charge in [-0.3, -0.25) is 0 Å². The first-order valence-electron chi connectivity index (χ1n) is 5.80. The molecule has 2 rings (SSSR count). The van der Waals surface area contributed by atoms with Gasteiger partial charge in [-0.15, -0.1) is 10.2 Å². The van der Waals surface area contributed by atoms with Crippen LogP contribution in [0.25, 0.3) is 11.3 Å². The topological polar surface area (TPSA) is 61.6 Å². The minimum absolute atomic E-state index is 0.586. The summed E-state index contributed by atoms with van der Waals surface area (Å²) in [5.74, 6) is 0.586. The Bertz CT molecular complexity index is 614. The van der Waals surface area contributed by atoms with Gasteiger partial charge in [0.05, 0.1) is 11.8 Å². The molecule has 0 spiro atoms. The Morgan fingerprint density at radius 3 is 2.47 bits per heavy atom. The molecule has 0 fully saturated rings. The average molecular weight is 317 g/mol. The highest BCUT2D eigenvalue weighted by Gasteiger charge is 2.16. The zero-order valence-corrected chi connectivity index (χ0v) is 12.3. The highest BCUT2D eigenvalue weighted by atomic mass is 79.9. The van der Waals surface area contributed by atoms with E-state index in [1.165, 1.54) is 0 Å². The van der Waals surface area contributed by atoms with E-state index in [-0.39, 0.29) is 0 Å². The molecule has 0 aliphatic carbocycles. The number of aromatic nitrogens is 2. The van der Waals surface area contributed by atoms with Gasteiger partial charge in [0.25, 0.3) is 0 Å². The molecular formula is C14H13BrN4. The Balaban J connectivity index is 2.25. The van der Waals surface area contributed by atoms with Crippen molar-refractivity contribution >= 4 is 21.7 Å². The van der Waals surface area contributed by atoms with Gasteiger partial charge in [0.15, 0.2) is 0 Å². The minimum Gasteiger partial charge on any atom is -0.351 e. The van der Waals surface area contributed by atoms with Crippen molar-refractivity contribution in [3.05, 3.63) is 40.9 Å². The second-order valence-electron chi connectivity index (χ2n) is 4.65. The standard InChI is InChI=1S/C14H13BrN4/c1-14(2,9-16)17-13-8-7-12(18-19-13)10-5-3-4-6-11(10)15/h3-8H,1-2H3,(H,17,19). The van der Waals surface area contributed by atoms with Crippen LogP contribution in [0.1, 0.15) is 13.8 Å². The van der Waals surface area contributed by atoms with Crippen LogP contribution in [0.15, 0.2) is 40.9 Å². The third-order valence-electron chi connectivity index (χ3n) is 2.53. The Labute approximate surface area is 120 Å². The molecule has 0 amide bonds. The van der Waals surface area contributed by atoms with Crippen LogP contribution in [0.5, 0.6) is 0 Å². The van der Waals surface area contributed by atoms with Crippen molar-refractivity contribution in [2.24, 2.45) is 0 Å². The van der Waals surface area contributed by atoms with Crippen LogP contribution < -0.4 is 5.32 Å². The summed E-state index contributed by atoms with van der Waals surface area (Å²) in [6.07, 6.45) is 0. The first-order chi connectivity index (χ1) is 9.02. The van der Waals surface area contributed by atoms with E-state index in [1.807, 2.05) is 36.4 Å². The molecule has 1 N–H and O–H groups in total. The van der Waals surface area contributed by atoms with Crippen LogP contribution in [-0.2, 0) is 0 Å². The van der Waals surface area contributed by atoms with E-state index in [4.69, 9.17) is 5.26 Å². The molecule has 1 aromatic carbocycles. The Morgan fingerprint density at radius 2 is 1.89 bits per heavy atom. The number of hydrogen-bond donors (Lipinski definition) is 1. The van der Waals surface area contributed by atoms with E-state index < -0.39 is 5.54 Å². The molecule has 0 saturated heterocycles. The third kappa shape index (κ3) is 3.30. The first kappa shape index (κ1) is 13.5. The average Bonchev–Trinajstić information content (AvgIpc) is 2.40. The molecule has 0 radical (unpaired) electrons. The fourth-order valence-electron chi connectivity index (χ4n) is 1.56. The molecule has 1 aromatic heterocycles. The Kier molecular flexibility index (Phi) is 3.82. The molecule has 4 nitrogen and oxygen atoms in total. The maximum atomic E-state index is 8.96. The lowest BCUT2D eigenvalue weighted by molar-refractivity contribution is 0.719. The van der Waals surface area contributed by atoms with Crippen molar-refractivity contribution in [2.45, 2.75) is 19.4 Å². The molecule has 19 heavy (non-hydrogen) atoms. The van der Waals surface area contributed by atoms with E-state index in [9.17, 15) is 0 Å². The van der Waals surface area contributed by atoms with E-state index in [0.717, 1.165) is 15.7 Å². The monoisotopic (exact) mass is 316 g/mol. The van der Waals surface area contributed by atoms with E-state index in [2.05, 4.69) is 37.5 Å². The summed E-state index contributed by atoms with van der Waals surface area (Å²) in [5.41, 5.74) is 1.11. The van der Waals surface area contributed by atoms with Crippen molar-refractivity contribution in [1.82, 2.24) is 10.2 Å². The molecular weight excluding hydrogens is 304 g/mol. The second-order valence-corrected chi connectivity index (χ2v) is 5.50. The minimum atomic E-state index is -0.663. The maximum absolute atomic E-state index is 8.96. The number of anilines is 1. The molecule has 0 unspecified atom stereocenters. The zero-order valence-electron chi connectivity index (χ0n) is 10.7. The van der Waals surface area contributed by atoms with Gasteiger partial charge in [-0.25, -0.2) is 0 Å². The van der Waals surface area contributed by atoms with E-state index in [0.29, 0.717) is 5.82 Å². The summed E-state index contributed by atoms with van der Waals surface area (Å²) in [6, 6.07) is 13.7. The highest BCUT2D eigenvalue weighted by Crippen LogP contribution is 2.26. The van der Waals surface area contributed by atoms with Crippen LogP contribution in [0.2, 0.25) is 0 Å². The van der Waals surface area contributed by atoms with Gasteiger partial charge in [0.1, 0.15) is 11.4 Å². The lowest BCUT2D eigenvalue weighted by Gasteiger charge is -2.17. The highest BCUT2D eigenvalue weighted by molar-refractivity contribution is 9.10. The molecule has 0 saturated carbocycles. The number of nitriles is 1.